The second-order valence-corrected chi connectivity index (χ2v) is 16.7. The number of carbonyl (C=O) groups excluding carboxylic acids is 2. The molecule has 2 unspecified atom stereocenters. The Labute approximate surface area is 300 Å². The van der Waals surface area contributed by atoms with E-state index < -0.39 is 17.9 Å². The Kier molecular flexibility index (Phi) is 10.8. The minimum Gasteiger partial charge on any atom is -0.481 e. The Balaban J connectivity index is 1.11. The highest BCUT2D eigenvalue weighted by Crippen LogP contribution is 2.41. The van der Waals surface area contributed by atoms with E-state index >= 15 is 0 Å². The van der Waals surface area contributed by atoms with Crippen molar-refractivity contribution in [3.8, 4) is 11.3 Å². The molecule has 0 radical (unpaired) electrons. The number of carbonyl (C=O) groups is 3. The number of rotatable bonds is 10. The van der Waals surface area contributed by atoms with Crippen molar-refractivity contribution in [3.63, 3.8) is 0 Å². The number of thiophene rings is 1. The average Bonchev–Trinajstić information content (AvgIpc) is 3.60. The van der Waals surface area contributed by atoms with E-state index in [0.29, 0.717) is 23.1 Å². The molecule has 2 amide bonds. The minimum absolute atomic E-state index is 0.0852. The van der Waals surface area contributed by atoms with Gasteiger partial charge in [-0.1, -0.05) is 102 Å². The fourth-order valence-electron chi connectivity index (χ4n) is 7.71. The maximum atomic E-state index is 13.5. The zero-order valence-electron chi connectivity index (χ0n) is 30.0. The van der Waals surface area contributed by atoms with Gasteiger partial charge in [-0.15, -0.1) is 11.3 Å². The van der Waals surface area contributed by atoms with E-state index in [2.05, 4.69) is 70.3 Å². The molecule has 1 aliphatic heterocycles. The number of hydrogen-bond donors (Lipinski definition) is 2. The fraction of sp³-hybridized carbons (Fsp3) is 0.476. The molecule has 8 heteroatoms. The van der Waals surface area contributed by atoms with Crippen molar-refractivity contribution in [2.45, 2.75) is 84.6 Å². The van der Waals surface area contributed by atoms with Crippen LogP contribution < -0.4 is 5.32 Å². The number of benzene rings is 1. The summed E-state index contributed by atoms with van der Waals surface area (Å²) < 4.78 is 0. The van der Waals surface area contributed by atoms with E-state index in [9.17, 15) is 19.5 Å². The SMILES string of the molecule is CCC1CCC(C2C=CC(c3ccc(-c4ccc(C[C@H](NC(=O)c5ccc(C(C)(C)C)s5)C(=O)N5CC(C(=O)O)C5)cc4)nc3)=CC2C)CC1. The summed E-state index contributed by atoms with van der Waals surface area (Å²) in [5, 5.41) is 12.3. The number of aromatic nitrogens is 1. The maximum absolute atomic E-state index is 13.5. The Bertz CT molecular complexity index is 1740. The van der Waals surface area contributed by atoms with Gasteiger partial charge in [0, 0.05) is 36.1 Å². The van der Waals surface area contributed by atoms with Crippen molar-refractivity contribution in [2.24, 2.45) is 29.6 Å². The molecule has 3 atom stereocenters. The molecule has 6 rings (SSSR count). The molecule has 1 saturated carbocycles. The van der Waals surface area contributed by atoms with E-state index in [1.54, 1.807) is 6.07 Å². The summed E-state index contributed by atoms with van der Waals surface area (Å²) in [6.07, 6.45) is 16.2. The number of hydrogen-bond acceptors (Lipinski definition) is 5. The molecule has 1 saturated heterocycles. The summed E-state index contributed by atoms with van der Waals surface area (Å²) in [5.41, 5.74) is 5.00. The lowest BCUT2D eigenvalue weighted by Gasteiger charge is -2.38. The molecule has 264 valence electrons. The van der Waals surface area contributed by atoms with Gasteiger partial charge in [0.2, 0.25) is 5.91 Å². The van der Waals surface area contributed by atoms with Crippen LogP contribution in [0.3, 0.4) is 0 Å². The Hall–Kier alpha value is -4.04. The maximum Gasteiger partial charge on any atom is 0.310 e. The van der Waals surface area contributed by atoms with Gasteiger partial charge in [0.25, 0.3) is 5.91 Å². The zero-order valence-corrected chi connectivity index (χ0v) is 30.8. The first-order valence-corrected chi connectivity index (χ1v) is 19.1. The van der Waals surface area contributed by atoms with Gasteiger partial charge in [0.05, 0.1) is 16.5 Å². The van der Waals surface area contributed by atoms with Crippen LogP contribution in [0.2, 0.25) is 0 Å². The second kappa shape index (κ2) is 15.1. The lowest BCUT2D eigenvalue weighted by molar-refractivity contribution is -0.153. The molecule has 7 nitrogen and oxygen atoms in total. The highest BCUT2D eigenvalue weighted by atomic mass is 32.1. The number of aliphatic carboxylic acids is 1. The average molecular weight is 694 g/mol. The van der Waals surface area contributed by atoms with Crippen molar-refractivity contribution in [2.75, 3.05) is 13.1 Å². The van der Waals surface area contributed by atoms with Crippen LogP contribution in [0.1, 0.15) is 92.4 Å². The van der Waals surface area contributed by atoms with Gasteiger partial charge in [-0.3, -0.25) is 19.4 Å². The number of amides is 2. The van der Waals surface area contributed by atoms with Gasteiger partial charge in [-0.2, -0.15) is 0 Å². The standard InChI is InChI=1S/C42H51N3O4S/c1-6-27-7-11-29(12-8-27)34-17-15-31(21-26(34)2)32-16-18-35(43-23-32)30-13-9-28(10-14-30)22-36(40(47)45-24-33(25-45)41(48)49)44-39(46)37-19-20-38(50-37)42(3,4)5/h9-10,13-21,23,26-27,29,33-34,36H,6-8,11-12,22,24-25H2,1-5H3,(H,44,46)(H,48,49)/t26?,27?,29?,34?,36-/m0/s1. The minimum atomic E-state index is -0.907. The molecule has 3 aromatic rings. The van der Waals surface area contributed by atoms with E-state index in [4.69, 9.17) is 4.98 Å². The van der Waals surface area contributed by atoms with Gasteiger partial charge in [-0.05, 0) is 76.8 Å². The predicted molar refractivity (Wildman–Crippen MR) is 201 cm³/mol. The van der Waals surface area contributed by atoms with E-state index in [1.165, 1.54) is 53.9 Å². The highest BCUT2D eigenvalue weighted by molar-refractivity contribution is 7.14. The fourth-order valence-corrected chi connectivity index (χ4v) is 8.68. The molecular formula is C42H51N3O4S. The summed E-state index contributed by atoms with van der Waals surface area (Å²) in [6.45, 7) is 11.3. The number of nitrogens with one attached hydrogen (secondary N) is 1. The van der Waals surface area contributed by atoms with E-state index in [1.807, 2.05) is 36.5 Å². The molecule has 3 aliphatic rings. The summed E-state index contributed by atoms with van der Waals surface area (Å²) in [7, 11) is 0. The lowest BCUT2D eigenvalue weighted by atomic mass is 9.69. The third-order valence-electron chi connectivity index (χ3n) is 11.1. The summed E-state index contributed by atoms with van der Waals surface area (Å²) >= 11 is 1.43. The van der Waals surface area contributed by atoms with Crippen LogP contribution in [0.15, 0.2) is 73.0 Å². The Morgan fingerprint density at radius 3 is 2.26 bits per heavy atom. The Morgan fingerprint density at radius 1 is 0.980 bits per heavy atom. The number of carboxylic acids is 1. The van der Waals surface area contributed by atoms with E-state index in [0.717, 1.165) is 39.1 Å². The molecule has 1 aromatic carbocycles. The number of pyridine rings is 1. The van der Waals surface area contributed by atoms with Crippen LogP contribution in [0, 0.1) is 29.6 Å². The normalized spacial score (nSPS) is 23.1. The van der Waals surface area contributed by atoms with Crippen LogP contribution in [-0.2, 0) is 21.4 Å². The molecule has 2 aliphatic carbocycles. The molecule has 3 heterocycles. The van der Waals surface area contributed by atoms with Gasteiger partial charge >= 0.3 is 5.97 Å². The monoisotopic (exact) mass is 693 g/mol. The number of allylic oxidation sites excluding steroid dienone is 4. The first-order valence-electron chi connectivity index (χ1n) is 18.3. The van der Waals surface area contributed by atoms with Crippen molar-refractivity contribution in [1.29, 1.82) is 0 Å². The quantitative estimate of drug-likeness (QED) is 0.222. The molecule has 2 fully saturated rings. The number of nitrogens with zero attached hydrogens (tertiary/aromatic N) is 2. The van der Waals surface area contributed by atoms with Crippen LogP contribution in [0.25, 0.3) is 16.8 Å². The van der Waals surface area contributed by atoms with Crippen molar-refractivity contribution in [3.05, 3.63) is 93.8 Å². The van der Waals surface area contributed by atoms with Gasteiger partial charge in [0.15, 0.2) is 0 Å². The first-order chi connectivity index (χ1) is 23.9. The van der Waals surface area contributed by atoms with Crippen molar-refractivity contribution in [1.82, 2.24) is 15.2 Å². The molecule has 2 N–H and O–H groups in total. The second-order valence-electron chi connectivity index (χ2n) is 15.7. The predicted octanol–water partition coefficient (Wildman–Crippen LogP) is 8.41. The van der Waals surface area contributed by atoms with Crippen LogP contribution in [-0.4, -0.2) is 51.9 Å². The van der Waals surface area contributed by atoms with Crippen LogP contribution in [0.4, 0.5) is 0 Å². The van der Waals surface area contributed by atoms with Crippen molar-refractivity contribution >= 4 is 34.7 Å². The van der Waals surface area contributed by atoms with E-state index in [-0.39, 0.29) is 30.3 Å². The molecular weight excluding hydrogens is 643 g/mol. The smallest absolute Gasteiger partial charge is 0.310 e. The third-order valence-corrected chi connectivity index (χ3v) is 12.6. The summed E-state index contributed by atoms with van der Waals surface area (Å²) in [4.78, 5) is 46.2. The summed E-state index contributed by atoms with van der Waals surface area (Å²) in [6, 6.07) is 15.1. The zero-order chi connectivity index (χ0) is 35.6. The molecule has 50 heavy (non-hydrogen) atoms. The lowest BCUT2D eigenvalue weighted by Crippen LogP contribution is -2.59. The molecule has 0 bridgehead atoms. The van der Waals surface area contributed by atoms with Crippen molar-refractivity contribution < 1.29 is 19.5 Å². The topological polar surface area (TPSA) is 99.6 Å². The molecule has 2 aromatic heterocycles. The largest absolute Gasteiger partial charge is 0.481 e. The van der Waals surface area contributed by atoms with Gasteiger partial charge in [0.1, 0.15) is 6.04 Å². The number of likely N-dealkylation sites (tertiary alicyclic amines) is 1. The summed E-state index contributed by atoms with van der Waals surface area (Å²) in [5.74, 6) is 0.799. The Morgan fingerprint density at radius 2 is 1.68 bits per heavy atom. The van der Waals surface area contributed by atoms with Gasteiger partial charge in [-0.25, -0.2) is 0 Å². The highest BCUT2D eigenvalue weighted by Gasteiger charge is 2.39. The van der Waals surface area contributed by atoms with Crippen LogP contribution >= 0.6 is 11.3 Å². The van der Waals surface area contributed by atoms with Crippen LogP contribution in [0.5, 0.6) is 0 Å². The van der Waals surface area contributed by atoms with Gasteiger partial charge < -0.3 is 15.3 Å². The number of carboxylic acid groups (broad SMARTS) is 1. The first kappa shape index (κ1) is 35.8. The molecule has 0 spiro atoms. The third kappa shape index (κ3) is 8.12.